The molecule has 0 saturated heterocycles. The molecule has 0 aliphatic rings. The largest absolute Gasteiger partial charge is 0.481 e. The highest BCUT2D eigenvalue weighted by atomic mass is 16.4. The van der Waals surface area contributed by atoms with Crippen LogP contribution in [0.2, 0.25) is 0 Å². The first kappa shape index (κ1) is 27.3. The van der Waals surface area contributed by atoms with E-state index in [0.717, 1.165) is 0 Å². The van der Waals surface area contributed by atoms with Gasteiger partial charge in [-0.2, -0.15) is 0 Å². The lowest BCUT2D eigenvalue weighted by molar-refractivity contribution is -0.142. The fourth-order valence-corrected chi connectivity index (χ4v) is 2.52. The van der Waals surface area contributed by atoms with Crippen LogP contribution in [0.1, 0.15) is 46.0 Å². The predicted octanol–water partition coefficient (Wildman–Crippen LogP) is -1.87. The third-order valence-electron chi connectivity index (χ3n) is 4.53. The summed E-state index contributed by atoms with van der Waals surface area (Å²) in [4.78, 5) is 58.4. The number of aliphatic carboxylic acids is 2. The average molecular weight is 431 g/mol. The molecule has 4 atom stereocenters. The molecule has 30 heavy (non-hydrogen) atoms. The highest BCUT2D eigenvalue weighted by Crippen LogP contribution is 2.09. The second kappa shape index (κ2) is 14.3. The molecule has 0 bridgehead atoms. The van der Waals surface area contributed by atoms with Crippen molar-refractivity contribution in [1.82, 2.24) is 16.0 Å². The van der Waals surface area contributed by atoms with Gasteiger partial charge in [-0.1, -0.05) is 20.3 Å². The van der Waals surface area contributed by atoms with Crippen LogP contribution in [0.5, 0.6) is 0 Å². The van der Waals surface area contributed by atoms with E-state index in [1.807, 2.05) is 0 Å². The van der Waals surface area contributed by atoms with E-state index in [2.05, 4.69) is 16.0 Å². The van der Waals surface area contributed by atoms with Crippen molar-refractivity contribution >= 4 is 29.7 Å². The van der Waals surface area contributed by atoms with Gasteiger partial charge < -0.3 is 37.6 Å². The molecule has 0 rings (SSSR count). The van der Waals surface area contributed by atoms with Gasteiger partial charge in [0, 0.05) is 0 Å². The molecule has 0 aromatic carbocycles. The maximum absolute atomic E-state index is 12.6. The highest BCUT2D eigenvalue weighted by Gasteiger charge is 2.29. The number of hydrogen-bond donors (Lipinski definition) is 7. The number of nitrogens with two attached hydrogens (primary N) is 2. The van der Waals surface area contributed by atoms with Crippen molar-refractivity contribution in [2.75, 3.05) is 13.1 Å². The molecular formula is C18H33N5O7. The van der Waals surface area contributed by atoms with Gasteiger partial charge in [-0.25, -0.2) is 4.79 Å². The Morgan fingerprint density at radius 1 is 1.00 bits per heavy atom. The first-order valence-corrected chi connectivity index (χ1v) is 9.81. The second-order valence-electron chi connectivity index (χ2n) is 7.04. The molecule has 0 spiro atoms. The Balaban J connectivity index is 4.91. The first-order valence-electron chi connectivity index (χ1n) is 9.81. The van der Waals surface area contributed by atoms with Gasteiger partial charge in [0.25, 0.3) is 0 Å². The molecular weight excluding hydrogens is 398 g/mol. The Morgan fingerprint density at radius 2 is 1.63 bits per heavy atom. The number of carboxylic acids is 2. The van der Waals surface area contributed by atoms with Crippen LogP contribution in [0, 0.1) is 5.92 Å². The van der Waals surface area contributed by atoms with Crippen LogP contribution in [0.25, 0.3) is 0 Å². The number of carboxylic acid groups (broad SMARTS) is 2. The van der Waals surface area contributed by atoms with E-state index in [4.69, 9.17) is 16.6 Å². The Labute approximate surface area is 175 Å². The smallest absolute Gasteiger partial charge is 0.326 e. The fourth-order valence-electron chi connectivity index (χ4n) is 2.52. The van der Waals surface area contributed by atoms with Crippen LogP contribution >= 0.6 is 0 Å². The van der Waals surface area contributed by atoms with E-state index in [0.29, 0.717) is 25.8 Å². The summed E-state index contributed by atoms with van der Waals surface area (Å²) >= 11 is 0. The molecule has 0 aromatic heterocycles. The van der Waals surface area contributed by atoms with E-state index in [-0.39, 0.29) is 12.3 Å². The van der Waals surface area contributed by atoms with Crippen LogP contribution in [0.4, 0.5) is 0 Å². The monoisotopic (exact) mass is 431 g/mol. The second-order valence-corrected chi connectivity index (χ2v) is 7.04. The van der Waals surface area contributed by atoms with Crippen LogP contribution in [-0.4, -0.2) is 71.1 Å². The normalized spacial score (nSPS) is 14.7. The Hall–Kier alpha value is -2.73. The van der Waals surface area contributed by atoms with Gasteiger partial charge >= 0.3 is 11.9 Å². The maximum atomic E-state index is 12.6. The predicted molar refractivity (Wildman–Crippen MR) is 107 cm³/mol. The van der Waals surface area contributed by atoms with Gasteiger partial charge in [0.15, 0.2) is 0 Å². The lowest BCUT2D eigenvalue weighted by Gasteiger charge is -2.25. The van der Waals surface area contributed by atoms with Gasteiger partial charge in [0.1, 0.15) is 12.1 Å². The standard InChI is InChI=1S/C18H33N5O7/c1-3-10(2)15(17(28)22-12(18(29)30)6-4-5-7-19)23-13(24)9-21-16(27)11(20)8-14(25)26/h10-12,15H,3-9,19-20H2,1-2H3,(H,21,27)(H,22,28)(H,23,24)(H,25,26)(H,29,30). The minimum Gasteiger partial charge on any atom is -0.481 e. The van der Waals surface area contributed by atoms with Gasteiger partial charge in [-0.15, -0.1) is 0 Å². The first-order chi connectivity index (χ1) is 14.0. The summed E-state index contributed by atoms with van der Waals surface area (Å²) in [5, 5.41) is 25.0. The molecule has 0 saturated carbocycles. The SMILES string of the molecule is CCC(C)C(NC(=O)CNC(=O)C(N)CC(=O)O)C(=O)NC(CCCCN)C(=O)O. The van der Waals surface area contributed by atoms with Crippen LogP contribution < -0.4 is 27.4 Å². The Kier molecular flexibility index (Phi) is 13.0. The van der Waals surface area contributed by atoms with Gasteiger partial charge in [0.2, 0.25) is 17.7 Å². The number of hydrogen-bond acceptors (Lipinski definition) is 7. The van der Waals surface area contributed by atoms with E-state index in [1.165, 1.54) is 0 Å². The van der Waals surface area contributed by atoms with E-state index in [9.17, 15) is 29.1 Å². The number of nitrogens with one attached hydrogen (secondary N) is 3. The molecule has 3 amide bonds. The molecule has 0 aliphatic heterocycles. The quantitative estimate of drug-likeness (QED) is 0.144. The van der Waals surface area contributed by atoms with Crippen molar-refractivity contribution in [2.24, 2.45) is 17.4 Å². The molecule has 12 heteroatoms. The molecule has 9 N–H and O–H groups in total. The topological polar surface area (TPSA) is 214 Å². The Morgan fingerprint density at radius 3 is 2.13 bits per heavy atom. The highest BCUT2D eigenvalue weighted by molar-refractivity contribution is 5.93. The molecule has 0 radical (unpaired) electrons. The zero-order valence-electron chi connectivity index (χ0n) is 17.3. The Bertz CT molecular complexity index is 614. The summed E-state index contributed by atoms with van der Waals surface area (Å²) < 4.78 is 0. The van der Waals surface area contributed by atoms with Crippen molar-refractivity contribution in [3.8, 4) is 0 Å². The zero-order valence-corrected chi connectivity index (χ0v) is 17.3. The fraction of sp³-hybridized carbons (Fsp3) is 0.722. The lowest BCUT2D eigenvalue weighted by Crippen LogP contribution is -2.55. The van der Waals surface area contributed by atoms with Crippen LogP contribution in [0.15, 0.2) is 0 Å². The van der Waals surface area contributed by atoms with Crippen molar-refractivity contribution < 1.29 is 34.2 Å². The number of rotatable bonds is 15. The molecule has 0 aromatic rings. The molecule has 0 aliphatic carbocycles. The van der Waals surface area contributed by atoms with Gasteiger partial charge in [-0.05, 0) is 31.7 Å². The third kappa shape index (κ3) is 10.7. The van der Waals surface area contributed by atoms with Gasteiger partial charge in [-0.3, -0.25) is 19.2 Å². The number of carbonyl (C=O) groups is 5. The molecule has 12 nitrogen and oxygen atoms in total. The van der Waals surface area contributed by atoms with Crippen LogP contribution in [-0.2, 0) is 24.0 Å². The van der Waals surface area contributed by atoms with Crippen molar-refractivity contribution in [1.29, 1.82) is 0 Å². The third-order valence-corrected chi connectivity index (χ3v) is 4.53. The summed E-state index contributed by atoms with van der Waals surface area (Å²) in [7, 11) is 0. The van der Waals surface area contributed by atoms with Crippen molar-refractivity contribution in [2.45, 2.75) is 64.1 Å². The summed E-state index contributed by atoms with van der Waals surface area (Å²) in [6, 6.07) is -3.43. The molecule has 0 fully saturated rings. The molecule has 4 unspecified atom stereocenters. The average Bonchev–Trinajstić information content (AvgIpc) is 2.67. The maximum Gasteiger partial charge on any atom is 0.326 e. The molecule has 0 heterocycles. The van der Waals surface area contributed by atoms with Crippen molar-refractivity contribution in [3.05, 3.63) is 0 Å². The summed E-state index contributed by atoms with van der Waals surface area (Å²) in [5.74, 6) is -4.90. The minimum atomic E-state index is -1.31. The van der Waals surface area contributed by atoms with Crippen LogP contribution in [0.3, 0.4) is 0 Å². The van der Waals surface area contributed by atoms with E-state index < -0.39 is 60.8 Å². The number of carbonyl (C=O) groups excluding carboxylic acids is 3. The number of unbranched alkanes of at least 4 members (excludes halogenated alkanes) is 1. The van der Waals surface area contributed by atoms with Crippen molar-refractivity contribution in [3.63, 3.8) is 0 Å². The summed E-state index contributed by atoms with van der Waals surface area (Å²) in [5.41, 5.74) is 10.8. The molecule has 172 valence electrons. The lowest BCUT2D eigenvalue weighted by atomic mass is 9.97. The van der Waals surface area contributed by atoms with E-state index in [1.54, 1.807) is 13.8 Å². The minimum absolute atomic E-state index is 0.205. The number of amides is 3. The summed E-state index contributed by atoms with van der Waals surface area (Å²) in [6.07, 6.45) is 1.29. The van der Waals surface area contributed by atoms with Gasteiger partial charge in [0.05, 0.1) is 19.0 Å². The van der Waals surface area contributed by atoms with E-state index >= 15 is 0 Å². The summed E-state index contributed by atoms with van der Waals surface area (Å²) in [6.45, 7) is 3.43. The zero-order chi connectivity index (χ0) is 23.3.